The topological polar surface area (TPSA) is 201 Å². The number of methoxy groups -OCH3 is 1. The molecule has 6 rings (SSSR count). The first-order valence-corrected chi connectivity index (χ1v) is 23.2. The van der Waals surface area contributed by atoms with Gasteiger partial charge in [0.1, 0.15) is 30.0 Å². The fraction of sp³-hybridized carbons (Fsp3) is 0.755. The zero-order valence-corrected chi connectivity index (χ0v) is 39.9. The number of aliphatic hydroxyl groups excluding tert-OH is 3. The van der Waals surface area contributed by atoms with Crippen molar-refractivity contribution in [3.05, 3.63) is 59.3 Å². The molecule has 6 aliphatic rings. The molecule has 15 heteroatoms. The smallest absolute Gasteiger partial charge is 0.293 e. The first kappa shape index (κ1) is 53.8. The number of aliphatic hydroxyl groups is 4. The van der Waals surface area contributed by atoms with Crippen molar-refractivity contribution in [1.29, 1.82) is 0 Å². The van der Waals surface area contributed by atoms with E-state index >= 15 is 0 Å². The molecule has 5 N–H and O–H groups in total. The minimum atomic E-state index is -1.14. The van der Waals surface area contributed by atoms with E-state index in [1.807, 2.05) is 38.2 Å². The van der Waals surface area contributed by atoms with Crippen LogP contribution in [0.1, 0.15) is 113 Å². The summed E-state index contributed by atoms with van der Waals surface area (Å²) in [5, 5.41) is 41.0. The van der Waals surface area contributed by atoms with Gasteiger partial charge in [0.15, 0.2) is 18.4 Å². The lowest BCUT2D eigenvalue weighted by Crippen LogP contribution is -2.52. The molecule has 0 aromatic carbocycles. The van der Waals surface area contributed by atoms with Crippen molar-refractivity contribution in [2.24, 2.45) is 17.8 Å². The predicted octanol–water partition coefficient (Wildman–Crippen LogP) is 5.49. The normalized spacial score (nSPS) is 39.1. The van der Waals surface area contributed by atoms with E-state index in [2.05, 4.69) is 58.2 Å². The SMILES string of the molecule is CC[C@H](C)C1OC2(C=CC1C)CC(OC=O)CC(C/C=C(\C)C[C@@H](C)/C=C/C=C1\CO[C@@H]3C(O)C(C)=CC[C@]13O)O2.CO.COC1C[C@H](O)OC(C)[C@@H]1OC1CCC(NC(C)=O)CO1. The molecule has 0 aromatic rings. The fourth-order valence-electron chi connectivity index (χ4n) is 9.54. The van der Waals surface area contributed by atoms with Crippen LogP contribution in [0.15, 0.2) is 59.3 Å². The van der Waals surface area contributed by atoms with Crippen LogP contribution in [0.4, 0.5) is 0 Å². The molecule has 0 radical (unpaired) electrons. The van der Waals surface area contributed by atoms with Crippen LogP contribution in [-0.2, 0) is 47.5 Å². The molecule has 0 bridgehead atoms. The second kappa shape index (κ2) is 25.4. The van der Waals surface area contributed by atoms with E-state index < -0.39 is 29.9 Å². The molecular weight excluding hydrogens is 827 g/mol. The van der Waals surface area contributed by atoms with Gasteiger partial charge < -0.3 is 63.6 Å². The Morgan fingerprint density at radius 2 is 1.84 bits per heavy atom. The number of rotatable bonds is 14. The Morgan fingerprint density at radius 3 is 2.50 bits per heavy atom. The molecule has 1 spiro atoms. The Kier molecular flexibility index (Phi) is 21.3. The molecule has 10 unspecified atom stereocenters. The van der Waals surface area contributed by atoms with E-state index in [0.717, 1.165) is 37.5 Å². The lowest BCUT2D eigenvalue weighted by molar-refractivity contribution is -0.299. The second-order valence-electron chi connectivity index (χ2n) is 18.5. The average molecular weight is 906 g/mol. The minimum Gasteiger partial charge on any atom is -0.464 e. The van der Waals surface area contributed by atoms with Crippen LogP contribution in [0.5, 0.6) is 0 Å². The number of allylic oxidation sites excluding steroid dienone is 4. The number of hydrogen-bond donors (Lipinski definition) is 5. The van der Waals surface area contributed by atoms with E-state index in [-0.39, 0.29) is 54.9 Å². The third-order valence-electron chi connectivity index (χ3n) is 13.3. The number of nitrogens with one attached hydrogen (secondary N) is 1. The summed E-state index contributed by atoms with van der Waals surface area (Å²) >= 11 is 0. The standard InChI is InChI=1S/C34H50O7.C14H25NO6.CH4O/c1-7-24(4)31-26(6)13-15-33(41-31)19-29(39-21-35)18-28(40-33)12-11-23(3)17-22(2)9-8-10-27-20-38-32-30(36)25(5)14-16-34(27,32)37;1-8-14(11(18-3)6-12(17)20-8)21-13-5-4-10(7-19-13)15-9(2)16;1-2/h8-11,13-15,21-22,24,26,28-32,36-37H,7,12,16-20H2,1-6H3;8,10-14,17H,4-7H2,1-3H3,(H,15,16);2H,1H3/b9-8+,23-11+,27-10+;;/t22-,24-,26?,28?,29?,30?,31?,32+,33?,34-;8?,10?,11?,12-,13?,14+;/m01./s1. The van der Waals surface area contributed by atoms with Crippen LogP contribution >= 0.6 is 0 Å². The number of carbonyl (C=O) groups is 2. The number of amides is 1. The predicted molar refractivity (Wildman–Crippen MR) is 240 cm³/mol. The summed E-state index contributed by atoms with van der Waals surface area (Å²) in [7, 11) is 2.60. The van der Waals surface area contributed by atoms with Gasteiger partial charge in [-0.2, -0.15) is 0 Å². The highest BCUT2D eigenvalue weighted by Gasteiger charge is 2.51. The van der Waals surface area contributed by atoms with Crippen LogP contribution < -0.4 is 5.32 Å². The molecule has 4 saturated heterocycles. The van der Waals surface area contributed by atoms with Crippen molar-refractivity contribution in [1.82, 2.24) is 5.32 Å². The van der Waals surface area contributed by atoms with Gasteiger partial charge in [-0.15, -0.1) is 0 Å². The summed E-state index contributed by atoms with van der Waals surface area (Å²) in [6.07, 6.45) is 16.9. The number of ether oxygens (including phenoxy) is 8. The zero-order chi connectivity index (χ0) is 47.2. The summed E-state index contributed by atoms with van der Waals surface area (Å²) in [6, 6.07) is 0.0439. The van der Waals surface area contributed by atoms with Gasteiger partial charge in [-0.3, -0.25) is 9.59 Å². The summed E-state index contributed by atoms with van der Waals surface area (Å²) in [5.74, 6) is 0.0820. The first-order chi connectivity index (χ1) is 30.5. The molecule has 364 valence electrons. The molecule has 64 heavy (non-hydrogen) atoms. The van der Waals surface area contributed by atoms with Gasteiger partial charge in [0.2, 0.25) is 5.91 Å². The van der Waals surface area contributed by atoms with Gasteiger partial charge >= 0.3 is 0 Å². The third kappa shape index (κ3) is 14.6. The van der Waals surface area contributed by atoms with E-state index in [0.29, 0.717) is 76.0 Å². The number of hydrogen-bond acceptors (Lipinski definition) is 14. The maximum Gasteiger partial charge on any atom is 0.293 e. The van der Waals surface area contributed by atoms with Gasteiger partial charge in [0, 0.05) is 59.2 Å². The zero-order valence-electron chi connectivity index (χ0n) is 39.9. The van der Waals surface area contributed by atoms with Crippen molar-refractivity contribution < 1.29 is 67.9 Å². The summed E-state index contributed by atoms with van der Waals surface area (Å²) in [5.41, 5.74) is 1.77. The van der Waals surface area contributed by atoms with Crippen LogP contribution in [-0.4, -0.2) is 139 Å². The number of carbonyl (C=O) groups excluding carboxylic acids is 2. The van der Waals surface area contributed by atoms with E-state index in [4.69, 9.17) is 43.0 Å². The highest BCUT2D eigenvalue weighted by molar-refractivity contribution is 5.73. The molecule has 1 aliphatic carbocycles. The minimum absolute atomic E-state index is 0.0439. The van der Waals surface area contributed by atoms with Crippen molar-refractivity contribution in [2.75, 3.05) is 27.4 Å². The Labute approximate surface area is 381 Å². The average Bonchev–Trinajstić information content (AvgIpc) is 3.60. The van der Waals surface area contributed by atoms with Gasteiger partial charge in [-0.05, 0) is 69.1 Å². The van der Waals surface area contributed by atoms with Crippen molar-refractivity contribution in [3.63, 3.8) is 0 Å². The molecule has 5 aliphatic heterocycles. The van der Waals surface area contributed by atoms with Gasteiger partial charge in [0.05, 0.1) is 43.7 Å². The van der Waals surface area contributed by atoms with Crippen molar-refractivity contribution >= 4 is 12.4 Å². The van der Waals surface area contributed by atoms with Crippen molar-refractivity contribution in [3.8, 4) is 0 Å². The molecule has 4 fully saturated rings. The van der Waals surface area contributed by atoms with Crippen molar-refractivity contribution in [2.45, 2.75) is 192 Å². The van der Waals surface area contributed by atoms with E-state index in [9.17, 15) is 24.9 Å². The second-order valence-corrected chi connectivity index (χ2v) is 18.5. The number of fused-ring (bicyclic) bond motifs is 1. The largest absolute Gasteiger partial charge is 0.464 e. The Morgan fingerprint density at radius 1 is 1.09 bits per heavy atom. The highest BCUT2D eigenvalue weighted by atomic mass is 16.7. The summed E-state index contributed by atoms with van der Waals surface area (Å²) in [6.45, 7) is 17.4. The molecule has 5 heterocycles. The van der Waals surface area contributed by atoms with Gasteiger partial charge in [0.25, 0.3) is 6.47 Å². The van der Waals surface area contributed by atoms with Gasteiger partial charge in [-0.1, -0.05) is 76.1 Å². The Balaban J connectivity index is 0.000000327. The monoisotopic (exact) mass is 906 g/mol. The maximum atomic E-state index is 11.2. The molecular formula is C49H79NO14. The maximum absolute atomic E-state index is 11.2. The fourth-order valence-corrected chi connectivity index (χ4v) is 9.54. The van der Waals surface area contributed by atoms with Crippen LogP contribution in [0, 0.1) is 17.8 Å². The lowest BCUT2D eigenvalue weighted by Gasteiger charge is -2.47. The molecule has 0 aromatic heterocycles. The quantitative estimate of drug-likeness (QED) is 0.108. The molecule has 1 amide bonds. The van der Waals surface area contributed by atoms with Crippen LogP contribution in [0.3, 0.4) is 0 Å². The summed E-state index contributed by atoms with van der Waals surface area (Å²) in [4.78, 5) is 22.2. The van der Waals surface area contributed by atoms with Crippen LogP contribution in [0.25, 0.3) is 0 Å². The van der Waals surface area contributed by atoms with Crippen LogP contribution in [0.2, 0.25) is 0 Å². The molecule has 16 atom stereocenters. The lowest BCUT2D eigenvalue weighted by atomic mass is 9.78. The van der Waals surface area contributed by atoms with Gasteiger partial charge in [-0.25, -0.2) is 0 Å². The first-order valence-electron chi connectivity index (χ1n) is 23.2. The molecule has 0 saturated carbocycles. The Hall–Kier alpha value is -2.80. The van der Waals surface area contributed by atoms with E-state index in [1.165, 1.54) is 12.5 Å². The highest BCUT2D eigenvalue weighted by Crippen LogP contribution is 2.42. The molecule has 15 nitrogen and oxygen atoms in total. The Bertz CT molecular complexity index is 1620. The summed E-state index contributed by atoms with van der Waals surface area (Å²) < 4.78 is 46.8. The third-order valence-corrected chi connectivity index (χ3v) is 13.3. The van der Waals surface area contributed by atoms with E-state index in [1.54, 1.807) is 7.11 Å².